The van der Waals surface area contributed by atoms with E-state index in [1.54, 1.807) is 19.1 Å². The number of rotatable bonds is 2. The van der Waals surface area contributed by atoms with Gasteiger partial charge in [-0.25, -0.2) is 0 Å². The molecule has 4 N–H and O–H groups in total. The van der Waals surface area contributed by atoms with Crippen molar-refractivity contribution in [1.29, 1.82) is 5.26 Å². The maximum atomic E-state index is 8.41. The summed E-state index contributed by atoms with van der Waals surface area (Å²) in [7, 11) is 0. The van der Waals surface area contributed by atoms with Crippen molar-refractivity contribution in [2.75, 3.05) is 6.54 Å². The first-order chi connectivity index (χ1) is 4.74. The van der Waals surface area contributed by atoms with Crippen molar-refractivity contribution in [3.05, 3.63) is 23.4 Å². The molecule has 0 aliphatic rings. The van der Waals surface area contributed by atoms with Gasteiger partial charge in [-0.05, 0) is 13.0 Å². The van der Waals surface area contributed by atoms with E-state index in [0.29, 0.717) is 17.8 Å². The fourth-order valence-electron chi connectivity index (χ4n) is 0.439. The highest BCUT2D eigenvalue weighted by Crippen LogP contribution is 1.95. The van der Waals surface area contributed by atoms with Crippen molar-refractivity contribution in [3.8, 4) is 6.07 Å². The van der Waals surface area contributed by atoms with Crippen LogP contribution in [0.1, 0.15) is 6.92 Å². The van der Waals surface area contributed by atoms with E-state index >= 15 is 0 Å². The smallest absolute Gasteiger partial charge is 0.0988 e. The molecule has 3 heteroatoms. The van der Waals surface area contributed by atoms with E-state index in [2.05, 4.69) is 0 Å². The maximum Gasteiger partial charge on any atom is 0.0988 e. The minimum absolute atomic E-state index is 0.291. The van der Waals surface area contributed by atoms with Gasteiger partial charge in [0, 0.05) is 17.8 Å². The van der Waals surface area contributed by atoms with Crippen LogP contribution >= 0.6 is 0 Å². The molecule has 0 atom stereocenters. The molecule has 0 fully saturated rings. The van der Waals surface area contributed by atoms with Gasteiger partial charge in [0.15, 0.2) is 0 Å². The molecule has 0 amide bonds. The Hall–Kier alpha value is -1.27. The first kappa shape index (κ1) is 8.73. The summed E-state index contributed by atoms with van der Waals surface area (Å²) in [5, 5.41) is 8.41. The van der Waals surface area contributed by atoms with Crippen molar-refractivity contribution >= 4 is 0 Å². The zero-order chi connectivity index (χ0) is 7.98. The molecule has 0 aromatic rings. The highest BCUT2D eigenvalue weighted by atomic mass is 14.7. The SMILES string of the molecule is C/C=C(C#N)\C=C(\N)CN. The van der Waals surface area contributed by atoms with Gasteiger partial charge in [0.2, 0.25) is 0 Å². The van der Waals surface area contributed by atoms with Gasteiger partial charge in [-0.3, -0.25) is 0 Å². The van der Waals surface area contributed by atoms with Crippen molar-refractivity contribution in [3.63, 3.8) is 0 Å². The summed E-state index contributed by atoms with van der Waals surface area (Å²) in [4.78, 5) is 0. The molecule has 0 bridgehead atoms. The Balaban J connectivity index is 4.27. The van der Waals surface area contributed by atoms with Gasteiger partial charge in [0.05, 0.1) is 6.07 Å². The molecule has 0 aliphatic heterocycles. The number of allylic oxidation sites excluding steroid dienone is 3. The summed E-state index contributed by atoms with van der Waals surface area (Å²) < 4.78 is 0. The topological polar surface area (TPSA) is 75.8 Å². The highest BCUT2D eigenvalue weighted by Gasteiger charge is 1.88. The van der Waals surface area contributed by atoms with Gasteiger partial charge < -0.3 is 11.5 Å². The van der Waals surface area contributed by atoms with Crippen LogP contribution in [0.25, 0.3) is 0 Å². The van der Waals surface area contributed by atoms with Gasteiger partial charge >= 0.3 is 0 Å². The monoisotopic (exact) mass is 137 g/mol. The van der Waals surface area contributed by atoms with E-state index in [4.69, 9.17) is 16.7 Å². The first-order valence-electron chi connectivity index (χ1n) is 2.97. The molecule has 3 nitrogen and oxygen atoms in total. The van der Waals surface area contributed by atoms with Crippen LogP contribution in [-0.2, 0) is 0 Å². The average Bonchev–Trinajstić information content (AvgIpc) is 1.99. The molecule has 54 valence electrons. The Morgan fingerprint density at radius 2 is 2.30 bits per heavy atom. The van der Waals surface area contributed by atoms with Gasteiger partial charge in [0.25, 0.3) is 0 Å². The van der Waals surface area contributed by atoms with Crippen molar-refractivity contribution in [1.82, 2.24) is 0 Å². The van der Waals surface area contributed by atoms with E-state index in [1.807, 2.05) is 6.07 Å². The Morgan fingerprint density at radius 1 is 1.70 bits per heavy atom. The minimum Gasteiger partial charge on any atom is -0.401 e. The lowest BCUT2D eigenvalue weighted by Crippen LogP contribution is -2.10. The van der Waals surface area contributed by atoms with Crippen LogP contribution in [0, 0.1) is 11.3 Å². The molecule has 0 saturated heterocycles. The molecule has 0 radical (unpaired) electrons. The van der Waals surface area contributed by atoms with Gasteiger partial charge in [-0.2, -0.15) is 5.26 Å². The Morgan fingerprint density at radius 3 is 2.60 bits per heavy atom. The summed E-state index contributed by atoms with van der Waals surface area (Å²) in [5.74, 6) is 0. The van der Waals surface area contributed by atoms with E-state index in [1.165, 1.54) is 0 Å². The maximum absolute atomic E-state index is 8.41. The third-order valence-corrected chi connectivity index (χ3v) is 1.02. The van der Waals surface area contributed by atoms with Crippen LogP contribution < -0.4 is 11.5 Å². The third-order valence-electron chi connectivity index (χ3n) is 1.02. The molecular formula is C7H11N3. The lowest BCUT2D eigenvalue weighted by Gasteiger charge is -1.92. The van der Waals surface area contributed by atoms with Crippen molar-refractivity contribution in [2.24, 2.45) is 11.5 Å². The summed E-state index contributed by atoms with van der Waals surface area (Å²) in [6.07, 6.45) is 3.25. The molecule has 0 spiro atoms. The van der Waals surface area contributed by atoms with E-state index in [0.717, 1.165) is 0 Å². The molecule has 10 heavy (non-hydrogen) atoms. The molecule has 0 rings (SSSR count). The molecule has 0 aromatic carbocycles. The molecule has 0 aromatic heterocycles. The molecule has 0 saturated carbocycles. The average molecular weight is 137 g/mol. The molecular weight excluding hydrogens is 126 g/mol. The van der Waals surface area contributed by atoms with Crippen LogP contribution in [-0.4, -0.2) is 6.54 Å². The lowest BCUT2D eigenvalue weighted by atomic mass is 10.2. The zero-order valence-corrected chi connectivity index (χ0v) is 5.96. The number of hydrogen-bond donors (Lipinski definition) is 2. The predicted molar refractivity (Wildman–Crippen MR) is 40.7 cm³/mol. The first-order valence-corrected chi connectivity index (χ1v) is 2.97. The van der Waals surface area contributed by atoms with Gasteiger partial charge in [-0.15, -0.1) is 0 Å². The van der Waals surface area contributed by atoms with Crippen molar-refractivity contribution < 1.29 is 0 Å². The Kier molecular flexibility index (Phi) is 4.01. The predicted octanol–water partition coefficient (Wildman–Crippen LogP) is 0.258. The normalized spacial score (nSPS) is 12.9. The highest BCUT2D eigenvalue weighted by molar-refractivity contribution is 5.34. The fraction of sp³-hybridized carbons (Fsp3) is 0.286. The summed E-state index contributed by atoms with van der Waals surface area (Å²) in [6.45, 7) is 2.07. The second-order valence-corrected chi connectivity index (χ2v) is 1.78. The fourth-order valence-corrected chi connectivity index (χ4v) is 0.439. The Bertz CT molecular complexity index is 195. The van der Waals surface area contributed by atoms with Crippen LogP contribution in [0.4, 0.5) is 0 Å². The standard InChI is InChI=1S/C7H11N3/c1-2-6(4-8)3-7(10)5-9/h2-3H,5,9-10H2,1H3/b6-2+,7-3+. The number of nitriles is 1. The Labute approximate surface area is 60.6 Å². The second kappa shape index (κ2) is 4.59. The summed E-state index contributed by atoms with van der Waals surface area (Å²) in [6, 6.07) is 1.97. The zero-order valence-electron chi connectivity index (χ0n) is 5.96. The molecule has 0 unspecified atom stereocenters. The number of nitrogens with zero attached hydrogens (tertiary/aromatic N) is 1. The van der Waals surface area contributed by atoms with Gasteiger partial charge in [-0.1, -0.05) is 6.08 Å². The summed E-state index contributed by atoms with van der Waals surface area (Å²) >= 11 is 0. The molecule has 0 heterocycles. The van der Waals surface area contributed by atoms with E-state index < -0.39 is 0 Å². The quantitative estimate of drug-likeness (QED) is 0.423. The van der Waals surface area contributed by atoms with E-state index in [9.17, 15) is 0 Å². The number of nitrogens with two attached hydrogens (primary N) is 2. The second-order valence-electron chi connectivity index (χ2n) is 1.78. The largest absolute Gasteiger partial charge is 0.401 e. The van der Waals surface area contributed by atoms with Crippen LogP contribution in [0.3, 0.4) is 0 Å². The minimum atomic E-state index is 0.291. The number of hydrogen-bond acceptors (Lipinski definition) is 3. The van der Waals surface area contributed by atoms with Crippen LogP contribution in [0.2, 0.25) is 0 Å². The molecule has 0 aliphatic carbocycles. The third kappa shape index (κ3) is 2.90. The lowest BCUT2D eigenvalue weighted by molar-refractivity contribution is 1.10. The van der Waals surface area contributed by atoms with Crippen LogP contribution in [0.5, 0.6) is 0 Å². The van der Waals surface area contributed by atoms with Gasteiger partial charge in [0.1, 0.15) is 0 Å². The summed E-state index contributed by atoms with van der Waals surface area (Å²) in [5.41, 5.74) is 11.6. The van der Waals surface area contributed by atoms with Crippen LogP contribution in [0.15, 0.2) is 23.4 Å². The van der Waals surface area contributed by atoms with E-state index in [-0.39, 0.29) is 0 Å². The van der Waals surface area contributed by atoms with Crippen molar-refractivity contribution in [2.45, 2.75) is 6.92 Å².